The number of aliphatic hydroxyl groups excluding tert-OH is 1. The Bertz CT molecular complexity index is 1170. The van der Waals surface area contributed by atoms with E-state index in [-0.39, 0.29) is 33.9 Å². The number of allylic oxidation sites excluding steroid dienone is 2. The van der Waals surface area contributed by atoms with Crippen LogP contribution in [0.2, 0.25) is 0 Å². The number of rotatable bonds is 8. The smallest absolute Gasteiger partial charge is 0.337 e. The molecule has 35 heavy (non-hydrogen) atoms. The molecule has 0 atom stereocenters. The van der Waals surface area contributed by atoms with E-state index in [9.17, 15) is 14.7 Å². The third kappa shape index (κ3) is 6.17. The van der Waals surface area contributed by atoms with Gasteiger partial charge in [-0.05, 0) is 61.0 Å². The zero-order valence-corrected chi connectivity index (χ0v) is 21.4. The van der Waals surface area contributed by atoms with Gasteiger partial charge in [0.25, 0.3) is 0 Å². The quantitative estimate of drug-likeness (QED) is 0.238. The van der Waals surface area contributed by atoms with Gasteiger partial charge in [0.05, 0.1) is 26.0 Å². The van der Waals surface area contributed by atoms with Crippen molar-refractivity contribution in [1.29, 1.82) is 0 Å². The summed E-state index contributed by atoms with van der Waals surface area (Å²) in [5.41, 5.74) is 3.50. The molecule has 0 spiro atoms. The molecule has 0 aliphatic carbocycles. The van der Waals surface area contributed by atoms with Crippen LogP contribution in [0.3, 0.4) is 0 Å². The summed E-state index contributed by atoms with van der Waals surface area (Å²) >= 11 is 0. The number of fused-ring (bicyclic) bond motifs is 1. The van der Waals surface area contributed by atoms with Gasteiger partial charge in [-0.25, -0.2) is 4.79 Å². The van der Waals surface area contributed by atoms with Gasteiger partial charge in [-0.15, -0.1) is 5.10 Å². The first-order valence-corrected chi connectivity index (χ1v) is 10.8. The van der Waals surface area contributed by atoms with Gasteiger partial charge in [0.1, 0.15) is 11.5 Å². The number of esters is 1. The Hall–Kier alpha value is -3.43. The molecule has 2 aromatic rings. The summed E-state index contributed by atoms with van der Waals surface area (Å²) < 4.78 is 10.1. The maximum absolute atomic E-state index is 11.7. The van der Waals surface area contributed by atoms with Gasteiger partial charge in [-0.2, -0.15) is 5.10 Å². The molecule has 1 N–H and O–H groups in total. The summed E-state index contributed by atoms with van der Waals surface area (Å²) in [5, 5.41) is 18.1. The number of aliphatic hydroxyl groups is 1. The maximum atomic E-state index is 11.7. The first-order valence-electron chi connectivity index (χ1n) is 10.8. The second-order valence-corrected chi connectivity index (χ2v) is 8.42. The molecule has 1 radical (unpaired) electrons. The van der Waals surface area contributed by atoms with E-state index >= 15 is 0 Å². The third-order valence-corrected chi connectivity index (χ3v) is 5.80. The number of carbonyl (C=O) groups is 2. The molecular weight excluding hydrogens is 493 g/mol. The molecule has 3 rings (SSSR count). The van der Waals surface area contributed by atoms with E-state index in [2.05, 4.69) is 33.7 Å². The van der Waals surface area contributed by atoms with Gasteiger partial charge in [0, 0.05) is 52.1 Å². The fourth-order valence-corrected chi connectivity index (χ4v) is 3.91. The van der Waals surface area contributed by atoms with E-state index in [1.54, 1.807) is 26.2 Å². The molecule has 1 aliphatic heterocycles. The van der Waals surface area contributed by atoms with Gasteiger partial charge in [-0.3, -0.25) is 4.79 Å². The van der Waals surface area contributed by atoms with E-state index in [0.717, 1.165) is 22.7 Å². The monoisotopic (exact) mass is 522 g/mol. The summed E-state index contributed by atoms with van der Waals surface area (Å²) in [7, 11) is 2.94. The van der Waals surface area contributed by atoms with E-state index < -0.39 is 5.97 Å². The molecule has 0 bridgehead atoms. The van der Waals surface area contributed by atoms with Crippen molar-refractivity contribution < 1.29 is 40.9 Å². The van der Waals surface area contributed by atoms with Crippen LogP contribution in [0.5, 0.6) is 5.75 Å². The SMILES string of the molecule is COC(=O)c1ccc(/C(O)=N/N=C/C=C2\N(CCC(C)=O)c3ccc(OC)cc3C2(C)C)cc1.[Co]. The van der Waals surface area contributed by atoms with E-state index in [1.165, 1.54) is 25.5 Å². The van der Waals surface area contributed by atoms with Crippen LogP contribution in [0.25, 0.3) is 0 Å². The van der Waals surface area contributed by atoms with Crippen molar-refractivity contribution in [3.05, 3.63) is 70.9 Å². The Balaban J connectivity index is 0.00000432. The minimum Gasteiger partial charge on any atom is -0.497 e. The predicted octanol–water partition coefficient (Wildman–Crippen LogP) is 4.43. The summed E-state index contributed by atoms with van der Waals surface area (Å²) in [4.78, 5) is 25.3. The van der Waals surface area contributed by atoms with Crippen LogP contribution in [0.15, 0.2) is 64.4 Å². The minimum absolute atomic E-state index is 0. The van der Waals surface area contributed by atoms with E-state index in [0.29, 0.717) is 24.1 Å². The molecule has 0 unspecified atom stereocenters. The Morgan fingerprint density at radius 1 is 1.09 bits per heavy atom. The molecule has 9 heteroatoms. The van der Waals surface area contributed by atoms with Crippen LogP contribution in [0.4, 0.5) is 5.69 Å². The molecule has 0 saturated heterocycles. The normalized spacial score (nSPS) is 15.6. The van der Waals surface area contributed by atoms with Gasteiger partial charge in [0.15, 0.2) is 0 Å². The van der Waals surface area contributed by atoms with Crippen molar-refractivity contribution in [1.82, 2.24) is 0 Å². The van der Waals surface area contributed by atoms with Crippen molar-refractivity contribution in [2.24, 2.45) is 10.2 Å². The van der Waals surface area contributed by atoms with Crippen LogP contribution < -0.4 is 9.64 Å². The van der Waals surface area contributed by atoms with Crippen LogP contribution >= 0.6 is 0 Å². The second kappa shape index (κ2) is 11.8. The van der Waals surface area contributed by atoms with Crippen molar-refractivity contribution in [2.75, 3.05) is 25.7 Å². The Labute approximate surface area is 215 Å². The van der Waals surface area contributed by atoms with Crippen molar-refractivity contribution in [3.8, 4) is 5.75 Å². The average molecular weight is 522 g/mol. The first kappa shape index (κ1) is 27.8. The fourth-order valence-electron chi connectivity index (χ4n) is 3.91. The molecule has 0 aromatic heterocycles. The fraction of sp³-hybridized carbons (Fsp3) is 0.308. The van der Waals surface area contributed by atoms with Gasteiger partial charge in [-0.1, -0.05) is 13.8 Å². The third-order valence-electron chi connectivity index (χ3n) is 5.80. The number of hydrogen-bond acceptors (Lipinski definition) is 7. The van der Waals surface area contributed by atoms with Gasteiger partial charge in [0.2, 0.25) is 5.90 Å². The Kier molecular flexibility index (Phi) is 9.38. The van der Waals surface area contributed by atoms with E-state index in [1.807, 2.05) is 24.3 Å². The summed E-state index contributed by atoms with van der Waals surface area (Å²) in [6.45, 7) is 6.32. The van der Waals surface area contributed by atoms with Crippen molar-refractivity contribution >= 4 is 29.6 Å². The number of hydrogen-bond donors (Lipinski definition) is 1. The standard InChI is InChI=1S/C26H29N3O5.Co/c1-17(30)13-15-29-22-11-10-20(33-4)16-21(22)26(2,3)23(29)12-14-27-28-24(31)18-6-8-19(9-7-18)25(32)34-5;/h6-12,14,16H,13,15H2,1-5H3,(H,28,31);/b23-12-,27-14+;. The Morgan fingerprint density at radius 3 is 2.34 bits per heavy atom. The molecule has 2 aromatic carbocycles. The van der Waals surface area contributed by atoms with Crippen molar-refractivity contribution in [3.63, 3.8) is 0 Å². The molecular formula is C26H29CoN3O5. The Morgan fingerprint density at radius 2 is 1.74 bits per heavy atom. The zero-order valence-electron chi connectivity index (χ0n) is 20.4. The number of Topliss-reactive ketones (excluding diaryl/α,β-unsaturated/α-hetero) is 1. The molecule has 0 saturated carbocycles. The van der Waals surface area contributed by atoms with E-state index in [4.69, 9.17) is 4.74 Å². The van der Waals surface area contributed by atoms with Gasteiger partial charge < -0.3 is 19.5 Å². The number of benzene rings is 2. The number of nitrogens with zero attached hydrogens (tertiary/aromatic N) is 3. The zero-order chi connectivity index (χ0) is 24.9. The minimum atomic E-state index is -0.459. The number of ketones is 1. The molecule has 187 valence electrons. The van der Waals surface area contributed by atoms with Crippen LogP contribution in [0.1, 0.15) is 48.7 Å². The number of methoxy groups -OCH3 is 2. The predicted molar refractivity (Wildman–Crippen MR) is 132 cm³/mol. The molecule has 8 nitrogen and oxygen atoms in total. The average Bonchev–Trinajstić information content (AvgIpc) is 3.05. The van der Waals surface area contributed by atoms with Crippen LogP contribution in [0, 0.1) is 0 Å². The van der Waals surface area contributed by atoms with Gasteiger partial charge >= 0.3 is 5.97 Å². The summed E-state index contributed by atoms with van der Waals surface area (Å²) in [5.74, 6) is 0.138. The molecule has 1 heterocycles. The largest absolute Gasteiger partial charge is 0.497 e. The number of ether oxygens (including phenoxy) is 2. The summed E-state index contributed by atoms with van der Waals surface area (Å²) in [6, 6.07) is 12.1. The second-order valence-electron chi connectivity index (χ2n) is 8.42. The number of anilines is 1. The summed E-state index contributed by atoms with van der Waals surface area (Å²) in [6.07, 6.45) is 3.76. The molecule has 0 fully saturated rings. The number of carbonyl (C=O) groups excluding carboxylic acids is 2. The topological polar surface area (TPSA) is 101 Å². The molecule has 1 aliphatic rings. The van der Waals surface area contributed by atoms with Crippen LogP contribution in [-0.2, 0) is 31.7 Å². The van der Waals surface area contributed by atoms with Crippen molar-refractivity contribution in [2.45, 2.75) is 32.6 Å². The van der Waals surface area contributed by atoms with Crippen LogP contribution in [-0.4, -0.2) is 49.7 Å². The maximum Gasteiger partial charge on any atom is 0.337 e. The molecule has 0 amide bonds. The first-order chi connectivity index (χ1) is 16.2.